The summed E-state index contributed by atoms with van der Waals surface area (Å²) in [5.41, 5.74) is 1.20. The standard InChI is InChI=1S/C20H26N4O4/c1-20(2,3)17(19(28)21-4)23-18(27)15(11-16(25)26)24-10-7-14(12-24)13-5-8-22-9-6-13/h5-10,12,15,17H,11H2,1-4H3,(H,21,28)(H,23,27)(H,25,26)/t15?,17-/m1/s1. The van der Waals surface area contributed by atoms with E-state index >= 15 is 0 Å². The van der Waals surface area contributed by atoms with Crippen LogP contribution < -0.4 is 10.6 Å². The number of carbonyl (C=O) groups excluding carboxylic acids is 2. The maximum absolute atomic E-state index is 12.9. The summed E-state index contributed by atoms with van der Waals surface area (Å²) in [6.45, 7) is 5.49. The van der Waals surface area contributed by atoms with Crippen molar-refractivity contribution in [2.75, 3.05) is 7.05 Å². The molecule has 3 N–H and O–H groups in total. The Morgan fingerprint density at radius 2 is 1.75 bits per heavy atom. The Morgan fingerprint density at radius 1 is 1.11 bits per heavy atom. The second kappa shape index (κ2) is 8.69. The summed E-state index contributed by atoms with van der Waals surface area (Å²) in [5.74, 6) is -1.96. The summed E-state index contributed by atoms with van der Waals surface area (Å²) in [5, 5.41) is 14.5. The number of carbonyl (C=O) groups is 3. The van der Waals surface area contributed by atoms with E-state index in [2.05, 4.69) is 15.6 Å². The first-order chi connectivity index (χ1) is 13.1. The number of hydrogen-bond donors (Lipinski definition) is 3. The van der Waals surface area contributed by atoms with E-state index in [1.807, 2.05) is 32.9 Å². The Morgan fingerprint density at radius 3 is 2.29 bits per heavy atom. The van der Waals surface area contributed by atoms with Gasteiger partial charge in [0.15, 0.2) is 0 Å². The Hall–Kier alpha value is -3.16. The van der Waals surface area contributed by atoms with Gasteiger partial charge in [0.05, 0.1) is 6.42 Å². The number of carboxylic acid groups (broad SMARTS) is 1. The van der Waals surface area contributed by atoms with Crippen LogP contribution in [0.1, 0.15) is 33.2 Å². The predicted molar refractivity (Wildman–Crippen MR) is 104 cm³/mol. The van der Waals surface area contributed by atoms with Gasteiger partial charge in [0.1, 0.15) is 12.1 Å². The molecule has 2 aromatic rings. The number of nitrogens with zero attached hydrogens (tertiary/aromatic N) is 2. The topological polar surface area (TPSA) is 113 Å². The van der Waals surface area contributed by atoms with Crippen LogP contribution in [0.2, 0.25) is 0 Å². The smallest absolute Gasteiger partial charge is 0.306 e. The number of pyridine rings is 1. The number of rotatable bonds is 7. The molecule has 28 heavy (non-hydrogen) atoms. The number of likely N-dealkylation sites (N-methyl/N-ethyl adjacent to an activating group) is 1. The molecule has 150 valence electrons. The Bertz CT molecular complexity index is 839. The maximum Gasteiger partial charge on any atom is 0.306 e. The van der Waals surface area contributed by atoms with Gasteiger partial charge < -0.3 is 20.3 Å². The van der Waals surface area contributed by atoms with Gasteiger partial charge in [-0.05, 0) is 34.7 Å². The van der Waals surface area contributed by atoms with Crippen molar-refractivity contribution in [1.82, 2.24) is 20.2 Å². The molecule has 8 nitrogen and oxygen atoms in total. The molecule has 0 aliphatic heterocycles. The summed E-state index contributed by atoms with van der Waals surface area (Å²) in [6.07, 6.45) is 6.29. The van der Waals surface area contributed by atoms with Gasteiger partial charge in [-0.2, -0.15) is 0 Å². The molecular formula is C20H26N4O4. The van der Waals surface area contributed by atoms with Gasteiger partial charge in [-0.3, -0.25) is 19.4 Å². The van der Waals surface area contributed by atoms with E-state index in [0.717, 1.165) is 11.1 Å². The number of carboxylic acids is 1. The number of aromatic nitrogens is 2. The molecule has 0 saturated carbocycles. The number of hydrogen-bond acceptors (Lipinski definition) is 4. The average molecular weight is 386 g/mol. The van der Waals surface area contributed by atoms with Crippen LogP contribution in [-0.2, 0) is 14.4 Å². The third kappa shape index (κ3) is 5.18. The summed E-state index contributed by atoms with van der Waals surface area (Å²) in [4.78, 5) is 40.5. The summed E-state index contributed by atoms with van der Waals surface area (Å²) >= 11 is 0. The molecule has 0 aromatic carbocycles. The SMILES string of the molecule is CNC(=O)[C@@H](NC(=O)C(CC(=O)O)n1ccc(-c2ccncc2)c1)C(C)(C)C. The van der Waals surface area contributed by atoms with Gasteiger partial charge in [-0.25, -0.2) is 0 Å². The van der Waals surface area contributed by atoms with Crippen molar-refractivity contribution in [3.05, 3.63) is 43.0 Å². The lowest BCUT2D eigenvalue weighted by atomic mass is 9.86. The van der Waals surface area contributed by atoms with Crippen molar-refractivity contribution in [2.24, 2.45) is 5.41 Å². The zero-order valence-electron chi connectivity index (χ0n) is 16.5. The molecule has 2 aromatic heterocycles. The van der Waals surface area contributed by atoms with E-state index in [4.69, 9.17) is 0 Å². The largest absolute Gasteiger partial charge is 0.481 e. The normalized spacial score (nSPS) is 13.4. The van der Waals surface area contributed by atoms with Gasteiger partial charge in [-0.15, -0.1) is 0 Å². The molecule has 2 amide bonds. The van der Waals surface area contributed by atoms with Crippen LogP contribution in [0.3, 0.4) is 0 Å². The van der Waals surface area contributed by atoms with Crippen molar-refractivity contribution in [2.45, 2.75) is 39.3 Å². The van der Waals surface area contributed by atoms with Crippen molar-refractivity contribution in [3.63, 3.8) is 0 Å². The van der Waals surface area contributed by atoms with Crippen LogP contribution in [0, 0.1) is 5.41 Å². The molecule has 2 atom stereocenters. The van der Waals surface area contributed by atoms with Crippen molar-refractivity contribution >= 4 is 17.8 Å². The van der Waals surface area contributed by atoms with Crippen LogP contribution in [0.4, 0.5) is 0 Å². The number of amides is 2. The Labute approximate surface area is 164 Å². The van der Waals surface area contributed by atoms with E-state index in [9.17, 15) is 19.5 Å². The molecule has 0 saturated heterocycles. The fourth-order valence-corrected chi connectivity index (χ4v) is 2.88. The zero-order chi connectivity index (χ0) is 20.9. The van der Waals surface area contributed by atoms with E-state index in [1.54, 1.807) is 35.4 Å². The molecule has 0 fully saturated rings. The molecule has 8 heteroatoms. The lowest BCUT2D eigenvalue weighted by Crippen LogP contribution is -2.54. The van der Waals surface area contributed by atoms with E-state index in [0.29, 0.717) is 0 Å². The number of nitrogens with one attached hydrogen (secondary N) is 2. The molecule has 0 bridgehead atoms. The highest BCUT2D eigenvalue weighted by molar-refractivity contribution is 5.91. The lowest BCUT2D eigenvalue weighted by Gasteiger charge is -2.31. The minimum absolute atomic E-state index is 0.333. The summed E-state index contributed by atoms with van der Waals surface area (Å²) in [6, 6.07) is 3.68. The Balaban J connectivity index is 2.30. The maximum atomic E-state index is 12.9. The van der Waals surface area contributed by atoms with Gasteiger partial charge in [0.2, 0.25) is 11.8 Å². The average Bonchev–Trinajstić information content (AvgIpc) is 3.12. The molecule has 0 aliphatic rings. The quantitative estimate of drug-likeness (QED) is 0.672. The molecular weight excluding hydrogens is 360 g/mol. The fraction of sp³-hybridized carbons (Fsp3) is 0.400. The molecule has 2 rings (SSSR count). The third-order valence-electron chi connectivity index (χ3n) is 4.42. The minimum Gasteiger partial charge on any atom is -0.481 e. The lowest BCUT2D eigenvalue weighted by molar-refractivity contribution is -0.141. The van der Waals surface area contributed by atoms with E-state index < -0.39 is 35.8 Å². The van der Waals surface area contributed by atoms with Crippen LogP contribution in [-0.4, -0.2) is 45.5 Å². The minimum atomic E-state index is -1.11. The number of aliphatic carboxylic acids is 1. The van der Waals surface area contributed by atoms with Gasteiger partial charge >= 0.3 is 5.97 Å². The molecule has 0 spiro atoms. The monoisotopic (exact) mass is 386 g/mol. The van der Waals surface area contributed by atoms with Crippen LogP contribution in [0.5, 0.6) is 0 Å². The zero-order valence-corrected chi connectivity index (χ0v) is 16.5. The molecule has 1 unspecified atom stereocenters. The first-order valence-electron chi connectivity index (χ1n) is 8.95. The molecule has 0 aliphatic carbocycles. The second-order valence-corrected chi connectivity index (χ2v) is 7.62. The van der Waals surface area contributed by atoms with E-state index in [1.165, 1.54) is 7.05 Å². The van der Waals surface area contributed by atoms with Crippen LogP contribution >= 0.6 is 0 Å². The van der Waals surface area contributed by atoms with Gasteiger partial charge in [-0.1, -0.05) is 20.8 Å². The Kier molecular flexibility index (Phi) is 6.56. The van der Waals surface area contributed by atoms with Crippen LogP contribution in [0.15, 0.2) is 43.0 Å². The van der Waals surface area contributed by atoms with Gasteiger partial charge in [0, 0.05) is 31.8 Å². The van der Waals surface area contributed by atoms with Crippen molar-refractivity contribution in [1.29, 1.82) is 0 Å². The first-order valence-corrected chi connectivity index (χ1v) is 8.95. The highest BCUT2D eigenvalue weighted by Crippen LogP contribution is 2.24. The van der Waals surface area contributed by atoms with Crippen molar-refractivity contribution < 1.29 is 19.5 Å². The van der Waals surface area contributed by atoms with Crippen LogP contribution in [0.25, 0.3) is 11.1 Å². The predicted octanol–water partition coefficient (Wildman–Crippen LogP) is 1.84. The highest BCUT2D eigenvalue weighted by Gasteiger charge is 2.35. The first kappa shape index (κ1) is 21.1. The van der Waals surface area contributed by atoms with Gasteiger partial charge in [0.25, 0.3) is 0 Å². The fourth-order valence-electron chi connectivity index (χ4n) is 2.88. The third-order valence-corrected chi connectivity index (χ3v) is 4.42. The molecule has 0 radical (unpaired) electrons. The molecule has 2 heterocycles. The summed E-state index contributed by atoms with van der Waals surface area (Å²) < 4.78 is 1.56. The summed E-state index contributed by atoms with van der Waals surface area (Å²) in [7, 11) is 1.49. The second-order valence-electron chi connectivity index (χ2n) is 7.62. The highest BCUT2D eigenvalue weighted by atomic mass is 16.4. The van der Waals surface area contributed by atoms with E-state index in [-0.39, 0.29) is 5.91 Å². The van der Waals surface area contributed by atoms with Crippen molar-refractivity contribution in [3.8, 4) is 11.1 Å².